The smallest absolute Gasteiger partial charge is 0.253 e. The molecule has 6 heteroatoms. The Morgan fingerprint density at radius 1 is 0.913 bits per heavy atom. The Hall–Kier alpha value is -1.69. The van der Waals surface area contributed by atoms with Gasteiger partial charge in [0, 0.05) is 12.8 Å². The summed E-state index contributed by atoms with van der Waals surface area (Å²) in [6.07, 6.45) is 3.42. The predicted octanol–water partition coefficient (Wildman–Crippen LogP) is 2.63. The molecule has 5 nitrogen and oxygen atoms in total. The van der Waals surface area contributed by atoms with E-state index in [0.29, 0.717) is 22.7 Å². The molecule has 23 heavy (non-hydrogen) atoms. The molecule has 1 aromatic rings. The van der Waals surface area contributed by atoms with Crippen molar-refractivity contribution in [1.29, 1.82) is 0 Å². The van der Waals surface area contributed by atoms with Gasteiger partial charge in [-0.15, -0.1) is 0 Å². The van der Waals surface area contributed by atoms with E-state index < -0.39 is 26.6 Å². The van der Waals surface area contributed by atoms with Crippen molar-refractivity contribution in [2.24, 2.45) is 0 Å². The van der Waals surface area contributed by atoms with Gasteiger partial charge in [-0.05, 0) is 25.3 Å². The monoisotopic (exact) mass is 335 g/mol. The third-order valence-corrected chi connectivity index (χ3v) is 7.50. The van der Waals surface area contributed by atoms with Gasteiger partial charge in [-0.1, -0.05) is 49.1 Å². The van der Waals surface area contributed by atoms with Crippen molar-refractivity contribution >= 4 is 21.8 Å². The lowest BCUT2D eigenvalue weighted by Gasteiger charge is -2.39. The molecule has 1 aromatic carbocycles. The molecule has 3 rings (SSSR count). The van der Waals surface area contributed by atoms with E-state index >= 15 is 0 Å². The van der Waals surface area contributed by atoms with Crippen LogP contribution >= 0.6 is 0 Å². The molecule has 1 aliphatic carbocycles. The Morgan fingerprint density at radius 2 is 1.43 bits per heavy atom. The summed E-state index contributed by atoms with van der Waals surface area (Å²) in [6, 6.07) is 7.41. The molecule has 1 saturated carbocycles. The number of sulfonamides is 1. The molecular formula is C17H21NO4S. The van der Waals surface area contributed by atoms with Gasteiger partial charge < -0.3 is 0 Å². The summed E-state index contributed by atoms with van der Waals surface area (Å²) in [5, 5.41) is 0. The number of amides is 2. The number of hydrogen-bond donors (Lipinski definition) is 0. The van der Waals surface area contributed by atoms with Crippen LogP contribution in [0.2, 0.25) is 0 Å². The molecule has 1 heterocycles. The Balaban J connectivity index is 2.14. The SMILES string of the molecule is Cc1ccc(C2(S(=O)(=O)N3C(=O)CCC3=O)CCCCC2)cc1. The minimum absolute atomic E-state index is 0.0119. The van der Waals surface area contributed by atoms with Gasteiger partial charge in [-0.25, -0.2) is 8.42 Å². The lowest BCUT2D eigenvalue weighted by molar-refractivity contribution is -0.132. The maximum absolute atomic E-state index is 13.3. The fraction of sp³-hybridized carbons (Fsp3) is 0.529. The highest BCUT2D eigenvalue weighted by Gasteiger charge is 2.53. The number of benzene rings is 1. The molecule has 2 amide bonds. The van der Waals surface area contributed by atoms with Crippen LogP contribution in [0.1, 0.15) is 56.1 Å². The summed E-state index contributed by atoms with van der Waals surface area (Å²) in [7, 11) is -4.05. The zero-order valence-electron chi connectivity index (χ0n) is 13.2. The number of hydrogen-bond acceptors (Lipinski definition) is 4. The molecule has 1 saturated heterocycles. The van der Waals surface area contributed by atoms with Crippen LogP contribution < -0.4 is 0 Å². The summed E-state index contributed by atoms with van der Waals surface area (Å²) in [6.45, 7) is 1.94. The zero-order chi connectivity index (χ0) is 16.7. The van der Waals surface area contributed by atoms with E-state index in [4.69, 9.17) is 0 Å². The molecule has 0 N–H and O–H groups in total. The second-order valence-electron chi connectivity index (χ2n) is 6.48. The van der Waals surface area contributed by atoms with Crippen molar-refractivity contribution in [2.45, 2.75) is 56.6 Å². The number of carbonyl (C=O) groups excluding carboxylic acids is 2. The van der Waals surface area contributed by atoms with Crippen LogP contribution in [-0.4, -0.2) is 24.5 Å². The Labute approximate surface area is 136 Å². The standard InChI is InChI=1S/C17H21NO4S/c1-13-5-7-14(8-6-13)17(11-3-2-4-12-17)23(21,22)18-15(19)9-10-16(18)20/h5-8H,2-4,9-12H2,1H3. The predicted molar refractivity (Wildman–Crippen MR) is 85.9 cm³/mol. The van der Waals surface area contributed by atoms with Gasteiger partial charge in [0.1, 0.15) is 4.75 Å². The van der Waals surface area contributed by atoms with Crippen LogP contribution in [-0.2, 0) is 24.4 Å². The van der Waals surface area contributed by atoms with E-state index in [1.807, 2.05) is 31.2 Å². The zero-order valence-corrected chi connectivity index (χ0v) is 14.1. The molecule has 124 valence electrons. The van der Waals surface area contributed by atoms with E-state index in [0.717, 1.165) is 24.8 Å². The highest BCUT2D eigenvalue weighted by atomic mass is 32.2. The summed E-state index contributed by atoms with van der Waals surface area (Å²) in [5.41, 5.74) is 1.74. The topological polar surface area (TPSA) is 71.5 Å². The van der Waals surface area contributed by atoms with Crippen molar-refractivity contribution in [3.05, 3.63) is 35.4 Å². The van der Waals surface area contributed by atoms with Gasteiger partial charge in [0.2, 0.25) is 11.8 Å². The van der Waals surface area contributed by atoms with E-state index in [9.17, 15) is 18.0 Å². The molecule has 0 radical (unpaired) electrons. The highest BCUT2D eigenvalue weighted by molar-refractivity contribution is 7.91. The molecule has 1 aliphatic heterocycles. The van der Waals surface area contributed by atoms with Gasteiger partial charge >= 0.3 is 0 Å². The maximum Gasteiger partial charge on any atom is 0.253 e. The van der Waals surface area contributed by atoms with Crippen LogP contribution in [0.15, 0.2) is 24.3 Å². The fourth-order valence-corrected chi connectivity index (χ4v) is 5.98. The molecule has 0 spiro atoms. The first-order valence-electron chi connectivity index (χ1n) is 8.06. The number of aryl methyl sites for hydroxylation is 1. The minimum Gasteiger partial charge on any atom is -0.273 e. The lowest BCUT2D eigenvalue weighted by atomic mass is 9.83. The van der Waals surface area contributed by atoms with Gasteiger partial charge in [-0.3, -0.25) is 9.59 Å². The lowest BCUT2D eigenvalue weighted by Crippen LogP contribution is -2.49. The first-order valence-corrected chi connectivity index (χ1v) is 9.50. The third kappa shape index (κ3) is 2.49. The first kappa shape index (κ1) is 16.2. The van der Waals surface area contributed by atoms with Crippen molar-refractivity contribution in [3.63, 3.8) is 0 Å². The van der Waals surface area contributed by atoms with Gasteiger partial charge in [0.25, 0.3) is 10.0 Å². The van der Waals surface area contributed by atoms with E-state index in [1.54, 1.807) is 0 Å². The van der Waals surface area contributed by atoms with Crippen molar-refractivity contribution in [1.82, 2.24) is 4.31 Å². The highest BCUT2D eigenvalue weighted by Crippen LogP contribution is 2.46. The second-order valence-corrected chi connectivity index (χ2v) is 8.57. The average molecular weight is 335 g/mol. The van der Waals surface area contributed by atoms with E-state index in [2.05, 4.69) is 0 Å². The fourth-order valence-electron chi connectivity index (χ4n) is 3.67. The Morgan fingerprint density at radius 3 is 1.96 bits per heavy atom. The summed E-state index contributed by atoms with van der Waals surface area (Å²) < 4.78 is 26.0. The van der Waals surface area contributed by atoms with Crippen LogP contribution in [0.4, 0.5) is 0 Å². The Bertz CT molecular complexity index is 714. The molecule has 2 fully saturated rings. The van der Waals surface area contributed by atoms with E-state index in [-0.39, 0.29) is 12.8 Å². The van der Waals surface area contributed by atoms with E-state index in [1.165, 1.54) is 0 Å². The number of nitrogens with zero attached hydrogens (tertiary/aromatic N) is 1. The van der Waals surface area contributed by atoms with Crippen LogP contribution in [0.3, 0.4) is 0 Å². The Kier molecular flexibility index (Phi) is 4.04. The van der Waals surface area contributed by atoms with Crippen LogP contribution in [0.5, 0.6) is 0 Å². The maximum atomic E-state index is 13.3. The van der Waals surface area contributed by atoms with Crippen molar-refractivity contribution in [3.8, 4) is 0 Å². The first-order chi connectivity index (χ1) is 10.9. The van der Waals surface area contributed by atoms with Crippen LogP contribution in [0.25, 0.3) is 0 Å². The summed E-state index contributed by atoms with van der Waals surface area (Å²) >= 11 is 0. The summed E-state index contributed by atoms with van der Waals surface area (Å²) in [5.74, 6) is -1.18. The molecule has 0 bridgehead atoms. The molecule has 0 aromatic heterocycles. The molecule has 0 atom stereocenters. The quantitative estimate of drug-likeness (QED) is 0.796. The van der Waals surface area contributed by atoms with Crippen molar-refractivity contribution in [2.75, 3.05) is 0 Å². The van der Waals surface area contributed by atoms with Gasteiger partial charge in [-0.2, -0.15) is 4.31 Å². The average Bonchev–Trinajstić information content (AvgIpc) is 2.88. The van der Waals surface area contributed by atoms with Gasteiger partial charge in [0.05, 0.1) is 0 Å². The van der Waals surface area contributed by atoms with Crippen LogP contribution in [0, 0.1) is 6.92 Å². The molecule has 0 unspecified atom stereocenters. The largest absolute Gasteiger partial charge is 0.273 e. The third-order valence-electron chi connectivity index (χ3n) is 4.98. The normalized spacial score (nSPS) is 21.7. The van der Waals surface area contributed by atoms with Gasteiger partial charge in [0.15, 0.2) is 0 Å². The number of carbonyl (C=O) groups is 2. The second kappa shape index (κ2) is 5.74. The number of imide groups is 1. The molecule has 2 aliphatic rings. The minimum atomic E-state index is -4.05. The molecular weight excluding hydrogens is 314 g/mol. The number of rotatable bonds is 3. The summed E-state index contributed by atoms with van der Waals surface area (Å²) in [4.78, 5) is 24.1. The van der Waals surface area contributed by atoms with Crippen molar-refractivity contribution < 1.29 is 18.0 Å².